The van der Waals surface area contributed by atoms with Gasteiger partial charge in [-0.1, -0.05) is 23.2 Å². The second kappa shape index (κ2) is 2.63. The Bertz CT molecular complexity index is 320. The summed E-state index contributed by atoms with van der Waals surface area (Å²) in [5, 5.41) is 0. The summed E-state index contributed by atoms with van der Waals surface area (Å²) < 4.78 is 0. The van der Waals surface area contributed by atoms with Crippen LogP contribution in [0.15, 0.2) is 12.1 Å². The molecule has 0 spiro atoms. The monoisotopic (exact) mass is 157 g/mol. The van der Waals surface area contributed by atoms with E-state index in [9.17, 15) is 0 Å². The zero-order chi connectivity index (χ0) is 8.72. The van der Waals surface area contributed by atoms with Crippen LogP contribution in [-0.4, -0.2) is 7.85 Å². The fourth-order valence-corrected chi connectivity index (χ4v) is 1.82. The number of rotatable bonds is 0. The molecule has 1 atom stereocenters. The lowest BCUT2D eigenvalue weighted by Gasteiger charge is -2.08. The lowest BCUT2D eigenvalue weighted by molar-refractivity contribution is 0.713. The number of nitrogens with two attached hydrogens (primary N) is 1. The predicted octanol–water partition coefficient (Wildman–Crippen LogP) is 0.735. The molecule has 1 aliphatic rings. The number of benzene rings is 1. The van der Waals surface area contributed by atoms with Gasteiger partial charge in [-0.05, 0) is 30.9 Å². The van der Waals surface area contributed by atoms with E-state index in [0.29, 0.717) is 0 Å². The van der Waals surface area contributed by atoms with Crippen molar-refractivity contribution in [2.75, 3.05) is 0 Å². The highest BCUT2D eigenvalue weighted by molar-refractivity contribution is 6.33. The molecule has 1 aromatic carbocycles. The molecular formula is C10H12BN. The minimum Gasteiger partial charge on any atom is -0.324 e. The summed E-state index contributed by atoms with van der Waals surface area (Å²) in [5.41, 5.74) is 10.6. The van der Waals surface area contributed by atoms with E-state index in [2.05, 4.69) is 12.1 Å². The maximum atomic E-state index is 5.92. The van der Waals surface area contributed by atoms with Crippen molar-refractivity contribution >= 4 is 13.3 Å². The van der Waals surface area contributed by atoms with E-state index < -0.39 is 0 Å². The molecule has 0 saturated heterocycles. The Morgan fingerprint density at radius 2 is 2.25 bits per heavy atom. The summed E-state index contributed by atoms with van der Waals surface area (Å²) in [7, 11) is 5.80. The first-order valence-corrected chi connectivity index (χ1v) is 4.33. The van der Waals surface area contributed by atoms with Crippen LogP contribution in [0.4, 0.5) is 0 Å². The molecule has 0 saturated carbocycles. The smallest absolute Gasteiger partial charge is 0.114 e. The van der Waals surface area contributed by atoms with Crippen LogP contribution in [0.2, 0.25) is 0 Å². The zero-order valence-corrected chi connectivity index (χ0v) is 7.30. The van der Waals surface area contributed by atoms with Crippen molar-refractivity contribution in [1.29, 1.82) is 0 Å². The van der Waals surface area contributed by atoms with Crippen molar-refractivity contribution in [3.8, 4) is 0 Å². The van der Waals surface area contributed by atoms with E-state index in [1.807, 2.05) is 6.92 Å². The third kappa shape index (κ3) is 1.07. The highest BCUT2D eigenvalue weighted by Crippen LogP contribution is 2.28. The highest BCUT2D eigenvalue weighted by Gasteiger charge is 2.18. The summed E-state index contributed by atoms with van der Waals surface area (Å²) in [6.07, 6.45) is 2.15. The molecule has 1 nitrogen and oxygen atoms in total. The number of fused-ring (bicyclic) bond motifs is 1. The Morgan fingerprint density at radius 1 is 1.50 bits per heavy atom. The van der Waals surface area contributed by atoms with Crippen LogP contribution in [0.3, 0.4) is 0 Å². The van der Waals surface area contributed by atoms with E-state index >= 15 is 0 Å². The third-order valence-corrected chi connectivity index (χ3v) is 2.65. The summed E-state index contributed by atoms with van der Waals surface area (Å²) in [6.45, 7) is 2.03. The standard InChI is InChI=1S/C10H12BN/c1-6-4-8-7(5-9(6)11)2-3-10(8)12/h4-5,10H,2-3,12H2,1H3. The molecule has 12 heavy (non-hydrogen) atoms. The molecule has 0 fully saturated rings. The maximum Gasteiger partial charge on any atom is 0.114 e. The van der Waals surface area contributed by atoms with Crippen molar-refractivity contribution in [1.82, 2.24) is 0 Å². The van der Waals surface area contributed by atoms with E-state index in [0.717, 1.165) is 23.9 Å². The molecule has 1 unspecified atom stereocenters. The van der Waals surface area contributed by atoms with Crippen molar-refractivity contribution in [3.63, 3.8) is 0 Å². The zero-order valence-electron chi connectivity index (χ0n) is 7.30. The van der Waals surface area contributed by atoms with Gasteiger partial charge in [-0.2, -0.15) is 0 Å². The molecule has 0 heterocycles. The maximum absolute atomic E-state index is 5.92. The molecule has 2 heteroatoms. The van der Waals surface area contributed by atoms with E-state index in [4.69, 9.17) is 13.6 Å². The molecule has 1 aromatic rings. The summed E-state index contributed by atoms with van der Waals surface area (Å²) in [4.78, 5) is 0. The van der Waals surface area contributed by atoms with Gasteiger partial charge in [-0.15, -0.1) is 0 Å². The van der Waals surface area contributed by atoms with E-state index in [1.165, 1.54) is 11.1 Å². The Balaban J connectivity index is 2.56. The fourth-order valence-electron chi connectivity index (χ4n) is 1.82. The van der Waals surface area contributed by atoms with Gasteiger partial charge >= 0.3 is 0 Å². The first-order chi connectivity index (χ1) is 5.68. The molecule has 0 aromatic heterocycles. The summed E-state index contributed by atoms with van der Waals surface area (Å²) in [5.74, 6) is 0. The van der Waals surface area contributed by atoms with Gasteiger partial charge in [0.05, 0.1) is 0 Å². The lowest BCUT2D eigenvalue weighted by atomic mass is 9.88. The predicted molar refractivity (Wildman–Crippen MR) is 51.8 cm³/mol. The van der Waals surface area contributed by atoms with Crippen LogP contribution in [-0.2, 0) is 6.42 Å². The lowest BCUT2D eigenvalue weighted by Crippen LogP contribution is -2.11. The van der Waals surface area contributed by atoms with Gasteiger partial charge in [-0.3, -0.25) is 0 Å². The van der Waals surface area contributed by atoms with Crippen LogP contribution in [0.1, 0.15) is 29.2 Å². The average Bonchev–Trinajstić information content (AvgIpc) is 2.35. The second-order valence-corrected chi connectivity index (χ2v) is 3.55. The Hall–Kier alpha value is -0.755. The summed E-state index contributed by atoms with van der Waals surface area (Å²) in [6, 6.07) is 4.43. The molecule has 0 amide bonds. The van der Waals surface area contributed by atoms with Crippen LogP contribution in [0.5, 0.6) is 0 Å². The van der Waals surface area contributed by atoms with Crippen molar-refractivity contribution in [3.05, 3.63) is 28.8 Å². The third-order valence-electron chi connectivity index (χ3n) is 2.65. The highest BCUT2D eigenvalue weighted by atomic mass is 14.6. The molecule has 0 aliphatic heterocycles. The summed E-state index contributed by atoms with van der Waals surface area (Å²) >= 11 is 0. The first kappa shape index (κ1) is 7.87. The van der Waals surface area contributed by atoms with Crippen molar-refractivity contribution in [2.24, 2.45) is 5.73 Å². The van der Waals surface area contributed by atoms with Crippen LogP contribution < -0.4 is 11.2 Å². The van der Waals surface area contributed by atoms with Crippen LogP contribution in [0, 0.1) is 6.92 Å². The van der Waals surface area contributed by atoms with E-state index in [-0.39, 0.29) is 6.04 Å². The minimum atomic E-state index is 0.235. The quantitative estimate of drug-likeness (QED) is 0.552. The molecule has 2 radical (unpaired) electrons. The van der Waals surface area contributed by atoms with Gasteiger partial charge in [0.1, 0.15) is 7.85 Å². The molecule has 0 bridgehead atoms. The molecule has 2 N–H and O–H groups in total. The van der Waals surface area contributed by atoms with Crippen LogP contribution in [0.25, 0.3) is 0 Å². The van der Waals surface area contributed by atoms with Gasteiger partial charge in [0.25, 0.3) is 0 Å². The Labute approximate surface area is 74.4 Å². The average molecular weight is 157 g/mol. The number of aryl methyl sites for hydroxylation is 2. The van der Waals surface area contributed by atoms with Gasteiger partial charge in [0, 0.05) is 6.04 Å². The number of hydrogen-bond donors (Lipinski definition) is 1. The van der Waals surface area contributed by atoms with Crippen molar-refractivity contribution in [2.45, 2.75) is 25.8 Å². The molecule has 1 aliphatic carbocycles. The van der Waals surface area contributed by atoms with Gasteiger partial charge in [0.15, 0.2) is 0 Å². The second-order valence-electron chi connectivity index (χ2n) is 3.55. The Kier molecular flexibility index (Phi) is 1.73. The van der Waals surface area contributed by atoms with Gasteiger partial charge < -0.3 is 5.73 Å². The van der Waals surface area contributed by atoms with Crippen molar-refractivity contribution < 1.29 is 0 Å². The van der Waals surface area contributed by atoms with Gasteiger partial charge in [-0.25, -0.2) is 0 Å². The topological polar surface area (TPSA) is 26.0 Å². The normalized spacial score (nSPS) is 21.0. The molecule has 2 rings (SSSR count). The fraction of sp³-hybridized carbons (Fsp3) is 0.400. The van der Waals surface area contributed by atoms with E-state index in [1.54, 1.807) is 0 Å². The van der Waals surface area contributed by atoms with Crippen LogP contribution >= 0.6 is 0 Å². The number of hydrogen-bond acceptors (Lipinski definition) is 1. The van der Waals surface area contributed by atoms with Gasteiger partial charge in [0.2, 0.25) is 0 Å². The largest absolute Gasteiger partial charge is 0.324 e. The minimum absolute atomic E-state index is 0.235. The Morgan fingerprint density at radius 3 is 3.00 bits per heavy atom. The first-order valence-electron chi connectivity index (χ1n) is 4.33. The molecule has 60 valence electrons. The molecular weight excluding hydrogens is 145 g/mol. The SMILES string of the molecule is [B]c1cc2c(cc1C)C(N)CC2.